The maximum atomic E-state index is 9.75. The summed E-state index contributed by atoms with van der Waals surface area (Å²) >= 11 is 0. The van der Waals surface area contributed by atoms with Crippen molar-refractivity contribution in [1.29, 1.82) is 0 Å². The van der Waals surface area contributed by atoms with E-state index < -0.39 is 0 Å². The van der Waals surface area contributed by atoms with E-state index in [0.29, 0.717) is 0 Å². The largest absolute Gasteiger partial charge is 0.391 e. The predicted molar refractivity (Wildman–Crippen MR) is 62.1 cm³/mol. The van der Waals surface area contributed by atoms with Crippen LogP contribution in [0.4, 0.5) is 5.69 Å². The van der Waals surface area contributed by atoms with Crippen LogP contribution in [-0.2, 0) is 0 Å². The molecule has 1 fully saturated rings. The summed E-state index contributed by atoms with van der Waals surface area (Å²) in [5, 5.41) is 13.1. The van der Waals surface area contributed by atoms with E-state index in [-0.39, 0.29) is 12.1 Å². The quantitative estimate of drug-likeness (QED) is 0.762. The molecule has 82 valence electrons. The lowest BCUT2D eigenvalue weighted by atomic mass is 10.0. The smallest absolute Gasteiger partial charge is 0.0747 e. The molecule has 0 bridgehead atoms. The molecule has 0 aliphatic carbocycles. The second-order valence-electron chi connectivity index (χ2n) is 4.27. The molecule has 1 aromatic rings. The molecule has 2 atom stereocenters. The Labute approximate surface area is 90.7 Å². The van der Waals surface area contributed by atoms with Gasteiger partial charge in [-0.25, -0.2) is 0 Å². The Morgan fingerprint density at radius 2 is 1.93 bits per heavy atom. The SMILES string of the molecule is CN(C)c1ccc(C2NCCC2O)cc1. The first-order chi connectivity index (χ1) is 7.18. The lowest BCUT2D eigenvalue weighted by Gasteiger charge is -2.17. The number of hydrogen-bond donors (Lipinski definition) is 2. The zero-order chi connectivity index (χ0) is 10.8. The van der Waals surface area contributed by atoms with Gasteiger partial charge >= 0.3 is 0 Å². The molecule has 2 N–H and O–H groups in total. The van der Waals surface area contributed by atoms with Crippen molar-refractivity contribution >= 4 is 5.69 Å². The molecule has 1 saturated heterocycles. The molecule has 1 aromatic carbocycles. The minimum atomic E-state index is -0.241. The van der Waals surface area contributed by atoms with Crippen molar-refractivity contribution in [2.24, 2.45) is 0 Å². The molecule has 0 radical (unpaired) electrons. The fraction of sp³-hybridized carbons (Fsp3) is 0.500. The number of anilines is 1. The zero-order valence-corrected chi connectivity index (χ0v) is 9.27. The molecule has 1 heterocycles. The average Bonchev–Trinajstić information content (AvgIpc) is 2.65. The highest BCUT2D eigenvalue weighted by Crippen LogP contribution is 2.25. The predicted octanol–water partition coefficient (Wildman–Crippen LogP) is 1.15. The molecule has 0 spiro atoms. The summed E-state index contributed by atoms with van der Waals surface area (Å²) in [7, 11) is 4.05. The van der Waals surface area contributed by atoms with Crippen LogP contribution in [-0.4, -0.2) is 31.9 Å². The van der Waals surface area contributed by atoms with Gasteiger partial charge in [0.25, 0.3) is 0 Å². The summed E-state index contributed by atoms with van der Waals surface area (Å²) in [5.74, 6) is 0. The molecule has 0 saturated carbocycles. The summed E-state index contributed by atoms with van der Waals surface area (Å²) in [6, 6.07) is 8.45. The zero-order valence-electron chi connectivity index (χ0n) is 9.27. The van der Waals surface area contributed by atoms with E-state index in [9.17, 15) is 5.11 Å². The van der Waals surface area contributed by atoms with Gasteiger partial charge in [-0.2, -0.15) is 0 Å². The summed E-state index contributed by atoms with van der Waals surface area (Å²) in [5.41, 5.74) is 2.36. The molecule has 0 aromatic heterocycles. The second-order valence-corrected chi connectivity index (χ2v) is 4.27. The van der Waals surface area contributed by atoms with Crippen LogP contribution in [0.15, 0.2) is 24.3 Å². The summed E-state index contributed by atoms with van der Waals surface area (Å²) in [4.78, 5) is 2.07. The number of benzene rings is 1. The Morgan fingerprint density at radius 3 is 2.40 bits per heavy atom. The van der Waals surface area contributed by atoms with Crippen molar-refractivity contribution in [3.05, 3.63) is 29.8 Å². The van der Waals surface area contributed by atoms with Gasteiger partial charge in [0.15, 0.2) is 0 Å². The van der Waals surface area contributed by atoms with Gasteiger partial charge in [-0.05, 0) is 30.7 Å². The Morgan fingerprint density at radius 1 is 1.27 bits per heavy atom. The van der Waals surface area contributed by atoms with E-state index in [0.717, 1.165) is 13.0 Å². The standard InChI is InChI=1S/C12H18N2O/c1-14(2)10-5-3-9(4-6-10)12-11(15)7-8-13-12/h3-6,11-13,15H,7-8H2,1-2H3. The van der Waals surface area contributed by atoms with E-state index in [4.69, 9.17) is 0 Å². The average molecular weight is 206 g/mol. The van der Waals surface area contributed by atoms with E-state index in [2.05, 4.69) is 34.5 Å². The number of hydrogen-bond acceptors (Lipinski definition) is 3. The topological polar surface area (TPSA) is 35.5 Å². The van der Waals surface area contributed by atoms with Gasteiger partial charge in [0.05, 0.1) is 12.1 Å². The number of rotatable bonds is 2. The summed E-state index contributed by atoms with van der Waals surface area (Å²) in [6.07, 6.45) is 0.607. The number of aliphatic hydroxyl groups excluding tert-OH is 1. The lowest BCUT2D eigenvalue weighted by Crippen LogP contribution is -2.20. The third kappa shape index (κ3) is 2.13. The van der Waals surface area contributed by atoms with Gasteiger partial charge in [-0.1, -0.05) is 12.1 Å². The molecule has 3 nitrogen and oxygen atoms in total. The first-order valence-corrected chi connectivity index (χ1v) is 5.37. The highest BCUT2D eigenvalue weighted by molar-refractivity contribution is 5.46. The van der Waals surface area contributed by atoms with Crippen LogP contribution in [0.25, 0.3) is 0 Å². The molecular weight excluding hydrogens is 188 g/mol. The van der Waals surface area contributed by atoms with Gasteiger partial charge < -0.3 is 15.3 Å². The van der Waals surface area contributed by atoms with Gasteiger partial charge in [0, 0.05) is 19.8 Å². The molecule has 2 rings (SSSR count). The van der Waals surface area contributed by atoms with Crippen LogP contribution in [0.2, 0.25) is 0 Å². The molecule has 15 heavy (non-hydrogen) atoms. The third-order valence-corrected chi connectivity index (χ3v) is 2.96. The first-order valence-electron chi connectivity index (χ1n) is 5.37. The number of nitrogens with one attached hydrogen (secondary N) is 1. The van der Waals surface area contributed by atoms with Crippen LogP contribution in [0.1, 0.15) is 18.0 Å². The van der Waals surface area contributed by atoms with Gasteiger partial charge in [0.1, 0.15) is 0 Å². The molecule has 1 aliphatic heterocycles. The highest BCUT2D eigenvalue weighted by atomic mass is 16.3. The van der Waals surface area contributed by atoms with E-state index in [1.54, 1.807) is 0 Å². The molecular formula is C12H18N2O. The summed E-state index contributed by atoms with van der Waals surface area (Å²) < 4.78 is 0. The van der Waals surface area contributed by atoms with Gasteiger partial charge in [-0.15, -0.1) is 0 Å². The van der Waals surface area contributed by atoms with Crippen LogP contribution in [0.3, 0.4) is 0 Å². The molecule has 2 unspecified atom stereocenters. The van der Waals surface area contributed by atoms with Crippen LogP contribution < -0.4 is 10.2 Å². The van der Waals surface area contributed by atoms with E-state index in [1.807, 2.05) is 14.1 Å². The fourth-order valence-electron chi connectivity index (χ4n) is 2.01. The normalized spacial score (nSPS) is 25.5. The molecule has 1 aliphatic rings. The van der Waals surface area contributed by atoms with Crippen molar-refractivity contribution in [3.63, 3.8) is 0 Å². The lowest BCUT2D eigenvalue weighted by molar-refractivity contribution is 0.160. The maximum absolute atomic E-state index is 9.75. The Kier molecular flexibility index (Phi) is 2.93. The first kappa shape index (κ1) is 10.5. The van der Waals surface area contributed by atoms with E-state index >= 15 is 0 Å². The van der Waals surface area contributed by atoms with Crippen molar-refractivity contribution in [3.8, 4) is 0 Å². The van der Waals surface area contributed by atoms with Gasteiger partial charge in [-0.3, -0.25) is 0 Å². The number of aliphatic hydroxyl groups is 1. The Hall–Kier alpha value is -1.06. The minimum Gasteiger partial charge on any atom is -0.391 e. The molecule has 3 heteroatoms. The van der Waals surface area contributed by atoms with Crippen LogP contribution in [0.5, 0.6) is 0 Å². The second kappa shape index (κ2) is 4.21. The third-order valence-electron chi connectivity index (χ3n) is 2.96. The summed E-state index contributed by atoms with van der Waals surface area (Å²) in [6.45, 7) is 0.904. The molecule has 0 amide bonds. The fourth-order valence-corrected chi connectivity index (χ4v) is 2.01. The van der Waals surface area contributed by atoms with Crippen molar-refractivity contribution in [2.45, 2.75) is 18.6 Å². The van der Waals surface area contributed by atoms with Crippen molar-refractivity contribution in [1.82, 2.24) is 5.32 Å². The van der Waals surface area contributed by atoms with E-state index in [1.165, 1.54) is 11.3 Å². The van der Waals surface area contributed by atoms with Gasteiger partial charge in [0.2, 0.25) is 0 Å². The highest BCUT2D eigenvalue weighted by Gasteiger charge is 2.25. The van der Waals surface area contributed by atoms with Crippen LogP contribution >= 0.6 is 0 Å². The van der Waals surface area contributed by atoms with Crippen LogP contribution in [0, 0.1) is 0 Å². The van der Waals surface area contributed by atoms with Crippen molar-refractivity contribution < 1.29 is 5.11 Å². The monoisotopic (exact) mass is 206 g/mol. The minimum absolute atomic E-state index is 0.112. The maximum Gasteiger partial charge on any atom is 0.0747 e. The number of nitrogens with zero attached hydrogens (tertiary/aromatic N) is 1. The van der Waals surface area contributed by atoms with Crippen molar-refractivity contribution in [2.75, 3.05) is 25.5 Å². The Balaban J connectivity index is 2.16. The Bertz CT molecular complexity index is 321.